The van der Waals surface area contributed by atoms with E-state index in [0.717, 1.165) is 5.56 Å². The molecule has 3 rings (SSSR count). The van der Waals surface area contributed by atoms with E-state index in [1.807, 2.05) is 18.2 Å². The van der Waals surface area contributed by atoms with Gasteiger partial charge < -0.3 is 4.42 Å². The summed E-state index contributed by atoms with van der Waals surface area (Å²) in [7, 11) is 0. The molecule has 0 bridgehead atoms. The number of rotatable bonds is 3. The van der Waals surface area contributed by atoms with Gasteiger partial charge in [-0.3, -0.25) is 14.7 Å². The Labute approximate surface area is 125 Å². The van der Waals surface area contributed by atoms with Crippen molar-refractivity contribution >= 4 is 40.3 Å². The highest BCUT2D eigenvalue weighted by atomic mass is 32.2. The molecule has 3 heterocycles. The van der Waals surface area contributed by atoms with Gasteiger partial charge in [0, 0.05) is 12.4 Å². The molecular formula is C14H10N2O2S2. The maximum atomic E-state index is 12.3. The number of hydrogen-bond donors (Lipinski definition) is 0. The van der Waals surface area contributed by atoms with Gasteiger partial charge in [0.1, 0.15) is 10.1 Å². The summed E-state index contributed by atoms with van der Waals surface area (Å²) in [6.45, 7) is 0.363. The number of furan rings is 1. The van der Waals surface area contributed by atoms with Gasteiger partial charge in [0.25, 0.3) is 5.91 Å². The van der Waals surface area contributed by atoms with Crippen molar-refractivity contribution in [3.8, 4) is 0 Å². The predicted octanol–water partition coefficient (Wildman–Crippen LogP) is 3.08. The predicted molar refractivity (Wildman–Crippen MR) is 81.7 cm³/mol. The van der Waals surface area contributed by atoms with E-state index in [2.05, 4.69) is 4.98 Å². The molecule has 0 saturated carbocycles. The first-order chi connectivity index (χ1) is 9.74. The van der Waals surface area contributed by atoms with Gasteiger partial charge in [-0.2, -0.15) is 0 Å². The van der Waals surface area contributed by atoms with Crippen LogP contribution < -0.4 is 0 Å². The Hall–Kier alpha value is -1.92. The summed E-state index contributed by atoms with van der Waals surface area (Å²) in [5.74, 6) is 0.615. The van der Waals surface area contributed by atoms with Crippen LogP contribution >= 0.6 is 24.0 Å². The number of carbonyl (C=O) groups excluding carboxylic acids is 1. The minimum absolute atomic E-state index is 0.0970. The number of pyridine rings is 1. The van der Waals surface area contributed by atoms with E-state index in [0.29, 0.717) is 21.5 Å². The number of hydrogen-bond acceptors (Lipinski definition) is 5. The quantitative estimate of drug-likeness (QED) is 0.644. The summed E-state index contributed by atoms with van der Waals surface area (Å²) >= 11 is 6.55. The Kier molecular flexibility index (Phi) is 3.66. The molecule has 0 aliphatic carbocycles. The molecule has 1 aliphatic heterocycles. The number of nitrogens with zero attached hydrogens (tertiary/aromatic N) is 2. The zero-order chi connectivity index (χ0) is 13.9. The van der Waals surface area contributed by atoms with E-state index in [1.54, 1.807) is 35.7 Å². The largest absolute Gasteiger partial charge is 0.467 e. The Morgan fingerprint density at radius 3 is 3.00 bits per heavy atom. The van der Waals surface area contributed by atoms with Crippen LogP contribution in [-0.2, 0) is 11.3 Å². The number of aromatic nitrogens is 1. The maximum Gasteiger partial charge on any atom is 0.266 e. The van der Waals surface area contributed by atoms with Gasteiger partial charge in [-0.1, -0.05) is 30.0 Å². The van der Waals surface area contributed by atoms with Gasteiger partial charge in [-0.25, -0.2) is 0 Å². The van der Waals surface area contributed by atoms with Crippen LogP contribution in [0.25, 0.3) is 6.08 Å². The Balaban J connectivity index is 1.82. The molecule has 1 saturated heterocycles. The highest BCUT2D eigenvalue weighted by molar-refractivity contribution is 8.26. The highest BCUT2D eigenvalue weighted by Crippen LogP contribution is 2.33. The van der Waals surface area contributed by atoms with E-state index in [-0.39, 0.29) is 5.91 Å². The average Bonchev–Trinajstić information content (AvgIpc) is 3.05. The van der Waals surface area contributed by atoms with Crippen molar-refractivity contribution in [2.45, 2.75) is 6.54 Å². The zero-order valence-electron chi connectivity index (χ0n) is 10.4. The second-order valence-electron chi connectivity index (χ2n) is 4.13. The van der Waals surface area contributed by atoms with Gasteiger partial charge in [0.2, 0.25) is 0 Å². The molecule has 20 heavy (non-hydrogen) atoms. The molecule has 0 spiro atoms. The fourth-order valence-corrected chi connectivity index (χ4v) is 3.06. The molecule has 0 N–H and O–H groups in total. The Bertz CT molecular complexity index is 666. The molecule has 6 heteroatoms. The second-order valence-corrected chi connectivity index (χ2v) is 5.81. The minimum Gasteiger partial charge on any atom is -0.467 e. The van der Waals surface area contributed by atoms with Gasteiger partial charge in [-0.15, -0.1) is 0 Å². The lowest BCUT2D eigenvalue weighted by Gasteiger charge is -2.11. The summed E-state index contributed by atoms with van der Waals surface area (Å²) in [5, 5.41) is 0. The first kappa shape index (κ1) is 13.1. The molecule has 4 nitrogen and oxygen atoms in total. The number of carbonyl (C=O) groups is 1. The first-order valence-electron chi connectivity index (χ1n) is 5.92. The lowest BCUT2D eigenvalue weighted by atomic mass is 10.2. The van der Waals surface area contributed by atoms with Gasteiger partial charge in [0.15, 0.2) is 0 Å². The van der Waals surface area contributed by atoms with Crippen LogP contribution in [0.15, 0.2) is 52.2 Å². The highest BCUT2D eigenvalue weighted by Gasteiger charge is 2.32. The van der Waals surface area contributed by atoms with Crippen LogP contribution in [0.2, 0.25) is 0 Å². The van der Waals surface area contributed by atoms with Crippen molar-refractivity contribution in [2.75, 3.05) is 0 Å². The van der Waals surface area contributed by atoms with Crippen molar-refractivity contribution < 1.29 is 9.21 Å². The lowest BCUT2D eigenvalue weighted by molar-refractivity contribution is -0.122. The van der Waals surface area contributed by atoms with E-state index < -0.39 is 0 Å². The summed E-state index contributed by atoms with van der Waals surface area (Å²) in [6, 6.07) is 7.34. The fraction of sp³-hybridized carbons (Fsp3) is 0.0714. The molecule has 1 amide bonds. The molecule has 2 aromatic heterocycles. The maximum absolute atomic E-state index is 12.3. The third-order valence-electron chi connectivity index (χ3n) is 2.75. The van der Waals surface area contributed by atoms with Crippen LogP contribution in [0, 0.1) is 0 Å². The number of thioether (sulfide) groups is 1. The molecule has 0 atom stereocenters. The normalized spacial score (nSPS) is 17.2. The second kappa shape index (κ2) is 5.60. The average molecular weight is 302 g/mol. The Morgan fingerprint density at radius 2 is 2.30 bits per heavy atom. The van der Waals surface area contributed by atoms with Crippen molar-refractivity contribution in [3.05, 3.63) is 59.2 Å². The van der Waals surface area contributed by atoms with Crippen molar-refractivity contribution in [1.29, 1.82) is 0 Å². The summed E-state index contributed by atoms with van der Waals surface area (Å²) in [4.78, 5) is 18.5. The lowest BCUT2D eigenvalue weighted by Crippen LogP contribution is -2.27. The number of thiocarbonyl (C=S) groups is 1. The summed E-state index contributed by atoms with van der Waals surface area (Å²) in [5.41, 5.74) is 0.881. The van der Waals surface area contributed by atoms with E-state index in [9.17, 15) is 4.79 Å². The molecule has 1 aliphatic rings. The molecule has 0 aromatic carbocycles. The molecule has 1 fully saturated rings. The fourth-order valence-electron chi connectivity index (χ4n) is 1.81. The van der Waals surface area contributed by atoms with E-state index in [1.165, 1.54) is 11.8 Å². The van der Waals surface area contributed by atoms with Crippen LogP contribution in [0.5, 0.6) is 0 Å². The van der Waals surface area contributed by atoms with Crippen LogP contribution in [-0.4, -0.2) is 20.1 Å². The Morgan fingerprint density at radius 1 is 1.40 bits per heavy atom. The van der Waals surface area contributed by atoms with Crippen LogP contribution in [0.1, 0.15) is 11.3 Å². The third-order valence-corrected chi connectivity index (χ3v) is 4.13. The zero-order valence-corrected chi connectivity index (χ0v) is 12.0. The first-order valence-corrected chi connectivity index (χ1v) is 7.14. The smallest absolute Gasteiger partial charge is 0.266 e. The van der Waals surface area contributed by atoms with Crippen molar-refractivity contribution in [1.82, 2.24) is 9.88 Å². The van der Waals surface area contributed by atoms with E-state index in [4.69, 9.17) is 16.6 Å². The molecule has 2 aromatic rings. The van der Waals surface area contributed by atoms with Crippen LogP contribution in [0.4, 0.5) is 0 Å². The van der Waals surface area contributed by atoms with Crippen molar-refractivity contribution in [3.63, 3.8) is 0 Å². The van der Waals surface area contributed by atoms with Gasteiger partial charge >= 0.3 is 0 Å². The van der Waals surface area contributed by atoms with Crippen LogP contribution in [0.3, 0.4) is 0 Å². The molecule has 0 unspecified atom stereocenters. The topological polar surface area (TPSA) is 46.3 Å². The summed E-state index contributed by atoms with van der Waals surface area (Å²) < 4.78 is 5.80. The van der Waals surface area contributed by atoms with Crippen molar-refractivity contribution in [2.24, 2.45) is 0 Å². The van der Waals surface area contributed by atoms with E-state index >= 15 is 0 Å². The molecule has 0 radical (unpaired) electrons. The SMILES string of the molecule is O=C1/C(=C/c2cccnc2)SC(=S)N1Cc1ccco1. The summed E-state index contributed by atoms with van der Waals surface area (Å²) in [6.07, 6.45) is 6.78. The molecular weight excluding hydrogens is 292 g/mol. The standard InChI is InChI=1S/C14H10N2O2S2/c17-13-12(7-10-3-1-5-15-8-10)20-14(19)16(13)9-11-4-2-6-18-11/h1-8H,9H2/b12-7-. The monoisotopic (exact) mass is 302 g/mol. The molecule has 100 valence electrons. The van der Waals surface area contributed by atoms with Gasteiger partial charge in [0.05, 0.1) is 17.7 Å². The minimum atomic E-state index is -0.0970. The van der Waals surface area contributed by atoms with Gasteiger partial charge in [-0.05, 0) is 29.8 Å². The number of amides is 1. The third kappa shape index (κ3) is 2.66.